The van der Waals surface area contributed by atoms with Crippen molar-refractivity contribution in [2.75, 3.05) is 13.6 Å². The summed E-state index contributed by atoms with van der Waals surface area (Å²) in [6.07, 6.45) is 3.67. The molecule has 156 valence electrons. The number of nitrogens with zero attached hydrogens (tertiary/aromatic N) is 3. The van der Waals surface area contributed by atoms with Gasteiger partial charge in [0.05, 0.1) is 4.92 Å². The van der Waals surface area contributed by atoms with E-state index in [-0.39, 0.29) is 43.0 Å². The van der Waals surface area contributed by atoms with Crippen LogP contribution in [0.3, 0.4) is 0 Å². The Morgan fingerprint density at radius 3 is 2.69 bits per heavy atom. The Bertz CT molecular complexity index is 853. The quantitative estimate of drug-likeness (QED) is 0.412. The summed E-state index contributed by atoms with van der Waals surface area (Å²) in [5, 5.41) is 14.1. The van der Waals surface area contributed by atoms with Crippen LogP contribution in [-0.4, -0.2) is 51.7 Å². The van der Waals surface area contributed by atoms with Gasteiger partial charge in [0.15, 0.2) is 0 Å². The number of nitrogens with one attached hydrogen (secondary N) is 1. The van der Waals surface area contributed by atoms with Crippen molar-refractivity contribution in [1.82, 2.24) is 15.1 Å². The van der Waals surface area contributed by atoms with Crippen molar-refractivity contribution in [2.24, 2.45) is 0 Å². The third kappa shape index (κ3) is 4.34. The van der Waals surface area contributed by atoms with Crippen LogP contribution in [0.4, 0.5) is 10.5 Å². The number of urea groups is 1. The van der Waals surface area contributed by atoms with E-state index in [1.165, 1.54) is 28.0 Å². The van der Waals surface area contributed by atoms with Gasteiger partial charge in [-0.05, 0) is 30.9 Å². The Labute approximate surface area is 173 Å². The molecule has 1 saturated heterocycles. The van der Waals surface area contributed by atoms with Gasteiger partial charge in [0.1, 0.15) is 5.54 Å². The molecule has 29 heavy (non-hydrogen) atoms. The molecule has 1 saturated carbocycles. The molecule has 10 heteroatoms. The molecule has 0 aromatic heterocycles. The van der Waals surface area contributed by atoms with Crippen molar-refractivity contribution in [3.63, 3.8) is 0 Å². The molecule has 1 heterocycles. The summed E-state index contributed by atoms with van der Waals surface area (Å²) in [4.78, 5) is 50.2. The van der Waals surface area contributed by atoms with E-state index < -0.39 is 10.5 Å². The summed E-state index contributed by atoms with van der Waals surface area (Å²) in [6, 6.07) is 3.70. The predicted octanol–water partition coefficient (Wildman–Crippen LogP) is 2.85. The summed E-state index contributed by atoms with van der Waals surface area (Å²) in [5.41, 5.74) is -0.352. The van der Waals surface area contributed by atoms with Gasteiger partial charge in [-0.15, -0.1) is 0 Å². The van der Waals surface area contributed by atoms with Crippen LogP contribution in [0.1, 0.15) is 44.1 Å². The van der Waals surface area contributed by atoms with Crippen molar-refractivity contribution in [3.8, 4) is 0 Å². The standard InChI is InChI=1S/C19H23ClN4O5/c1-22(12-13-11-14(24(28)29)6-7-15(13)20)16(25)5-4-10-23-17(26)19(21-18(23)27)8-2-3-9-19/h6-7,11H,2-5,8-10,12H2,1H3,(H,21,27). The number of halogens is 1. The van der Waals surface area contributed by atoms with E-state index in [2.05, 4.69) is 5.32 Å². The topological polar surface area (TPSA) is 113 Å². The van der Waals surface area contributed by atoms with Crippen molar-refractivity contribution in [3.05, 3.63) is 38.9 Å². The predicted molar refractivity (Wildman–Crippen MR) is 105 cm³/mol. The summed E-state index contributed by atoms with van der Waals surface area (Å²) >= 11 is 6.08. The minimum absolute atomic E-state index is 0.0929. The van der Waals surface area contributed by atoms with Gasteiger partial charge in [-0.1, -0.05) is 24.4 Å². The smallest absolute Gasteiger partial charge is 0.325 e. The van der Waals surface area contributed by atoms with Crippen molar-refractivity contribution >= 4 is 35.1 Å². The summed E-state index contributed by atoms with van der Waals surface area (Å²) < 4.78 is 0. The van der Waals surface area contributed by atoms with Gasteiger partial charge in [-0.2, -0.15) is 0 Å². The number of benzene rings is 1. The number of carbonyl (C=O) groups excluding carboxylic acids is 3. The maximum absolute atomic E-state index is 12.6. The molecule has 1 aliphatic carbocycles. The monoisotopic (exact) mass is 422 g/mol. The van der Waals surface area contributed by atoms with Crippen molar-refractivity contribution in [1.29, 1.82) is 0 Å². The van der Waals surface area contributed by atoms with Gasteiger partial charge < -0.3 is 10.2 Å². The second-order valence-corrected chi connectivity index (χ2v) is 7.97. The molecule has 1 aromatic rings. The zero-order chi connectivity index (χ0) is 21.2. The summed E-state index contributed by atoms with van der Waals surface area (Å²) in [7, 11) is 1.58. The average molecular weight is 423 g/mol. The zero-order valence-electron chi connectivity index (χ0n) is 16.1. The molecular weight excluding hydrogens is 400 g/mol. The van der Waals surface area contributed by atoms with Gasteiger partial charge in [0, 0.05) is 43.7 Å². The average Bonchev–Trinajstić information content (AvgIpc) is 3.23. The lowest BCUT2D eigenvalue weighted by atomic mass is 9.98. The van der Waals surface area contributed by atoms with Gasteiger partial charge in [-0.25, -0.2) is 4.79 Å². The molecule has 1 aromatic carbocycles. The minimum atomic E-state index is -0.739. The van der Waals surface area contributed by atoms with Crippen LogP contribution in [0.5, 0.6) is 0 Å². The molecule has 0 bridgehead atoms. The molecule has 9 nitrogen and oxygen atoms in total. The molecule has 1 spiro atoms. The van der Waals surface area contributed by atoms with Crippen molar-refractivity contribution < 1.29 is 19.3 Å². The summed E-state index contributed by atoms with van der Waals surface area (Å²) in [5.74, 6) is -0.389. The fourth-order valence-corrected chi connectivity index (χ4v) is 4.09. The molecule has 2 fully saturated rings. The number of nitro benzene ring substituents is 1. The van der Waals surface area contributed by atoms with E-state index in [4.69, 9.17) is 11.6 Å². The fraction of sp³-hybridized carbons (Fsp3) is 0.526. The number of hydrogen-bond donors (Lipinski definition) is 1. The lowest BCUT2D eigenvalue weighted by Gasteiger charge is -2.20. The van der Waals surface area contributed by atoms with Crippen LogP contribution < -0.4 is 5.32 Å². The van der Waals surface area contributed by atoms with E-state index in [0.717, 1.165) is 12.8 Å². The minimum Gasteiger partial charge on any atom is -0.341 e. The van der Waals surface area contributed by atoms with Gasteiger partial charge >= 0.3 is 6.03 Å². The first-order chi connectivity index (χ1) is 13.7. The number of rotatable bonds is 7. The highest BCUT2D eigenvalue weighted by Crippen LogP contribution is 2.35. The van der Waals surface area contributed by atoms with Crippen LogP contribution in [0, 0.1) is 10.1 Å². The van der Waals surface area contributed by atoms with Gasteiger partial charge in [0.2, 0.25) is 5.91 Å². The van der Waals surface area contributed by atoms with Crippen LogP contribution >= 0.6 is 11.6 Å². The second-order valence-electron chi connectivity index (χ2n) is 7.56. The fourth-order valence-electron chi connectivity index (χ4n) is 3.92. The molecule has 0 unspecified atom stereocenters. The molecular formula is C19H23ClN4O5. The highest BCUT2D eigenvalue weighted by molar-refractivity contribution is 6.31. The Morgan fingerprint density at radius 1 is 1.34 bits per heavy atom. The molecule has 3 rings (SSSR count). The van der Waals surface area contributed by atoms with Crippen LogP contribution in [-0.2, 0) is 16.1 Å². The normalized spacial score (nSPS) is 17.7. The first kappa shape index (κ1) is 21.0. The SMILES string of the molecule is CN(Cc1cc([N+](=O)[O-])ccc1Cl)C(=O)CCCN1C(=O)NC2(CCCC2)C1=O. The molecule has 2 aliphatic rings. The van der Waals surface area contributed by atoms with Crippen LogP contribution in [0.25, 0.3) is 0 Å². The first-order valence-corrected chi connectivity index (χ1v) is 9.92. The number of nitro groups is 1. The number of hydrogen-bond acceptors (Lipinski definition) is 5. The van der Waals surface area contributed by atoms with Gasteiger partial charge in [-0.3, -0.25) is 24.6 Å². The second kappa shape index (κ2) is 8.36. The largest absolute Gasteiger partial charge is 0.341 e. The third-order valence-electron chi connectivity index (χ3n) is 5.55. The third-order valence-corrected chi connectivity index (χ3v) is 5.92. The Hall–Kier alpha value is -2.68. The maximum Gasteiger partial charge on any atom is 0.325 e. The number of amides is 4. The van der Waals surface area contributed by atoms with E-state index in [0.29, 0.717) is 29.8 Å². The number of carbonyl (C=O) groups is 3. The molecule has 0 atom stereocenters. The van der Waals surface area contributed by atoms with E-state index in [1.807, 2.05) is 0 Å². The summed E-state index contributed by atoms with van der Waals surface area (Å²) in [6.45, 7) is 0.315. The Morgan fingerprint density at radius 2 is 2.03 bits per heavy atom. The highest BCUT2D eigenvalue weighted by atomic mass is 35.5. The first-order valence-electron chi connectivity index (χ1n) is 9.54. The zero-order valence-corrected chi connectivity index (χ0v) is 16.9. The van der Waals surface area contributed by atoms with E-state index in [1.54, 1.807) is 7.05 Å². The van der Waals surface area contributed by atoms with Gasteiger partial charge in [0.25, 0.3) is 11.6 Å². The van der Waals surface area contributed by atoms with E-state index in [9.17, 15) is 24.5 Å². The number of imide groups is 1. The maximum atomic E-state index is 12.6. The highest BCUT2D eigenvalue weighted by Gasteiger charge is 2.52. The molecule has 0 radical (unpaired) electrons. The molecule has 1 aliphatic heterocycles. The van der Waals surface area contributed by atoms with Crippen molar-refractivity contribution in [2.45, 2.75) is 50.6 Å². The molecule has 4 amide bonds. The van der Waals surface area contributed by atoms with E-state index >= 15 is 0 Å². The Kier molecular flexibility index (Phi) is 6.07. The molecule has 1 N–H and O–H groups in total. The lowest BCUT2D eigenvalue weighted by Crippen LogP contribution is -2.44. The number of non-ortho nitro benzene ring substituents is 1. The van der Waals surface area contributed by atoms with Crippen LogP contribution in [0.2, 0.25) is 5.02 Å². The Balaban J connectivity index is 1.52. The lowest BCUT2D eigenvalue weighted by molar-refractivity contribution is -0.384. The van der Waals surface area contributed by atoms with Crippen LogP contribution in [0.15, 0.2) is 18.2 Å².